The van der Waals surface area contributed by atoms with E-state index < -0.39 is 11.6 Å². The van der Waals surface area contributed by atoms with Crippen molar-refractivity contribution >= 4 is 23.5 Å². The summed E-state index contributed by atoms with van der Waals surface area (Å²) in [6.45, 7) is 6.69. The van der Waals surface area contributed by atoms with E-state index in [2.05, 4.69) is 19.2 Å². The molecule has 0 spiro atoms. The second kappa shape index (κ2) is 7.84. The highest BCUT2D eigenvalue weighted by Gasteiger charge is 2.33. The first-order chi connectivity index (χ1) is 10.1. The number of thioether (sulfide) groups is 2. The highest BCUT2D eigenvalue weighted by molar-refractivity contribution is 8.07. The number of halogens is 2. The normalized spacial score (nSPS) is 24.0. The van der Waals surface area contributed by atoms with Crippen molar-refractivity contribution in [2.45, 2.75) is 43.7 Å². The standard InChI is InChI=1S/C16H23F2NS2/c1-4-7-19-15(16-11(3)20-8-9-21-16)12-6-5-10(2)13(17)14(12)18/h5-6,11,15-16,19H,4,7-9H2,1-3H3. The molecule has 1 aliphatic heterocycles. The smallest absolute Gasteiger partial charge is 0.163 e. The summed E-state index contributed by atoms with van der Waals surface area (Å²) in [5.74, 6) is 0.803. The zero-order valence-electron chi connectivity index (χ0n) is 12.8. The van der Waals surface area contributed by atoms with Crippen LogP contribution in [0.3, 0.4) is 0 Å². The van der Waals surface area contributed by atoms with Crippen molar-refractivity contribution in [2.24, 2.45) is 0 Å². The zero-order chi connectivity index (χ0) is 15.4. The summed E-state index contributed by atoms with van der Waals surface area (Å²) >= 11 is 3.79. The third-order valence-corrected chi connectivity index (χ3v) is 7.01. The Balaban J connectivity index is 2.33. The molecule has 3 unspecified atom stereocenters. The highest BCUT2D eigenvalue weighted by atomic mass is 32.2. The van der Waals surface area contributed by atoms with E-state index in [1.807, 2.05) is 23.5 Å². The third kappa shape index (κ3) is 3.93. The summed E-state index contributed by atoms with van der Waals surface area (Å²) in [5, 5.41) is 4.14. The fraction of sp³-hybridized carbons (Fsp3) is 0.625. The molecule has 0 radical (unpaired) electrons. The average molecular weight is 331 g/mol. The second-order valence-electron chi connectivity index (χ2n) is 5.44. The molecule has 1 heterocycles. The maximum absolute atomic E-state index is 14.4. The molecule has 0 bridgehead atoms. The topological polar surface area (TPSA) is 12.0 Å². The molecule has 0 amide bonds. The van der Waals surface area contributed by atoms with Crippen molar-refractivity contribution in [3.63, 3.8) is 0 Å². The van der Waals surface area contributed by atoms with Crippen molar-refractivity contribution < 1.29 is 8.78 Å². The second-order valence-corrected chi connectivity index (χ2v) is 8.21. The highest BCUT2D eigenvalue weighted by Crippen LogP contribution is 2.39. The maximum Gasteiger partial charge on any atom is 0.163 e. The Morgan fingerprint density at radius 2 is 1.95 bits per heavy atom. The van der Waals surface area contributed by atoms with Crippen LogP contribution in [0.1, 0.15) is 37.4 Å². The molecule has 0 aliphatic carbocycles. The molecule has 1 saturated heterocycles. The van der Waals surface area contributed by atoms with E-state index >= 15 is 0 Å². The molecule has 0 aromatic heterocycles. The molecule has 0 saturated carbocycles. The Labute approximate surface area is 134 Å². The molecule has 2 rings (SSSR count). The van der Waals surface area contributed by atoms with Gasteiger partial charge in [0.1, 0.15) is 0 Å². The van der Waals surface area contributed by atoms with Crippen molar-refractivity contribution in [3.05, 3.63) is 34.9 Å². The Kier molecular flexibility index (Phi) is 6.38. The van der Waals surface area contributed by atoms with Gasteiger partial charge in [-0.05, 0) is 25.5 Å². The first-order valence-electron chi connectivity index (χ1n) is 7.47. The van der Waals surface area contributed by atoms with Crippen LogP contribution in [0.4, 0.5) is 8.78 Å². The fourth-order valence-electron chi connectivity index (χ4n) is 2.62. The summed E-state index contributed by atoms with van der Waals surface area (Å²) in [6.07, 6.45) is 0.978. The molecular formula is C16H23F2NS2. The Hall–Kier alpha value is -0.260. The lowest BCUT2D eigenvalue weighted by atomic mass is 9.99. The van der Waals surface area contributed by atoms with Crippen molar-refractivity contribution in [1.29, 1.82) is 0 Å². The van der Waals surface area contributed by atoms with Crippen LogP contribution in [0.2, 0.25) is 0 Å². The van der Waals surface area contributed by atoms with E-state index in [-0.39, 0.29) is 11.3 Å². The van der Waals surface area contributed by atoms with Gasteiger partial charge in [-0.1, -0.05) is 26.0 Å². The van der Waals surface area contributed by atoms with Crippen molar-refractivity contribution in [2.75, 3.05) is 18.1 Å². The number of nitrogens with one attached hydrogen (secondary N) is 1. The lowest BCUT2D eigenvalue weighted by Gasteiger charge is -2.35. The Bertz CT molecular complexity index is 482. The van der Waals surface area contributed by atoms with Crippen LogP contribution in [0.15, 0.2) is 12.1 Å². The Morgan fingerprint density at radius 3 is 2.62 bits per heavy atom. The van der Waals surface area contributed by atoms with E-state index in [1.54, 1.807) is 19.1 Å². The number of benzene rings is 1. The quantitative estimate of drug-likeness (QED) is 0.850. The van der Waals surface area contributed by atoms with Gasteiger partial charge in [-0.25, -0.2) is 8.78 Å². The summed E-state index contributed by atoms with van der Waals surface area (Å²) in [7, 11) is 0. The van der Waals surface area contributed by atoms with E-state index in [0.29, 0.717) is 16.4 Å². The van der Waals surface area contributed by atoms with Gasteiger partial charge in [0, 0.05) is 33.6 Å². The molecule has 5 heteroatoms. The molecular weight excluding hydrogens is 308 g/mol. The lowest BCUT2D eigenvalue weighted by Crippen LogP contribution is -2.38. The van der Waals surface area contributed by atoms with Crippen LogP contribution < -0.4 is 5.32 Å². The minimum absolute atomic E-state index is 0.132. The molecule has 3 atom stereocenters. The zero-order valence-corrected chi connectivity index (χ0v) is 14.4. The van der Waals surface area contributed by atoms with Gasteiger partial charge in [0.2, 0.25) is 0 Å². The molecule has 21 heavy (non-hydrogen) atoms. The first kappa shape index (κ1) is 17.1. The van der Waals surface area contributed by atoms with Crippen molar-refractivity contribution in [3.8, 4) is 0 Å². The molecule has 1 fully saturated rings. The SMILES string of the molecule is CCCNC(c1ccc(C)c(F)c1F)C1SCCSC1C. The minimum Gasteiger partial charge on any atom is -0.309 e. The molecule has 1 aromatic carbocycles. The van der Waals surface area contributed by atoms with E-state index in [9.17, 15) is 8.78 Å². The fourth-order valence-corrected chi connectivity index (χ4v) is 5.56. The van der Waals surface area contributed by atoms with Crippen LogP contribution in [0.5, 0.6) is 0 Å². The summed E-state index contributed by atoms with van der Waals surface area (Å²) in [6, 6.07) is 3.29. The van der Waals surface area contributed by atoms with Gasteiger partial charge in [0.05, 0.1) is 0 Å². The predicted octanol–water partition coefficient (Wildman–Crippen LogP) is 4.55. The van der Waals surface area contributed by atoms with Gasteiger partial charge in [-0.15, -0.1) is 0 Å². The minimum atomic E-state index is -0.711. The number of rotatable bonds is 5. The van der Waals surface area contributed by atoms with Gasteiger partial charge in [0.25, 0.3) is 0 Å². The van der Waals surface area contributed by atoms with E-state index in [0.717, 1.165) is 24.5 Å². The summed E-state index contributed by atoms with van der Waals surface area (Å²) < 4.78 is 28.3. The Morgan fingerprint density at radius 1 is 1.24 bits per heavy atom. The van der Waals surface area contributed by atoms with E-state index in [4.69, 9.17) is 0 Å². The van der Waals surface area contributed by atoms with Gasteiger partial charge in [0.15, 0.2) is 11.6 Å². The van der Waals surface area contributed by atoms with Crippen molar-refractivity contribution in [1.82, 2.24) is 5.32 Å². The third-order valence-electron chi connectivity index (χ3n) is 3.82. The first-order valence-corrected chi connectivity index (χ1v) is 9.57. The van der Waals surface area contributed by atoms with Gasteiger partial charge < -0.3 is 5.32 Å². The van der Waals surface area contributed by atoms with Crippen LogP contribution in [0, 0.1) is 18.6 Å². The lowest BCUT2D eigenvalue weighted by molar-refractivity contribution is 0.449. The summed E-state index contributed by atoms with van der Waals surface area (Å²) in [5.41, 5.74) is 0.836. The maximum atomic E-state index is 14.4. The monoisotopic (exact) mass is 331 g/mol. The van der Waals surface area contributed by atoms with Crippen LogP contribution in [-0.2, 0) is 0 Å². The molecule has 1 aromatic rings. The van der Waals surface area contributed by atoms with Crippen LogP contribution in [0.25, 0.3) is 0 Å². The van der Waals surface area contributed by atoms with Crippen LogP contribution >= 0.6 is 23.5 Å². The number of aryl methyl sites for hydroxylation is 1. The van der Waals surface area contributed by atoms with Gasteiger partial charge in [-0.2, -0.15) is 23.5 Å². The molecule has 1 nitrogen and oxygen atoms in total. The molecule has 1 aliphatic rings. The van der Waals surface area contributed by atoms with Gasteiger partial charge >= 0.3 is 0 Å². The predicted molar refractivity (Wildman–Crippen MR) is 90.3 cm³/mol. The van der Waals surface area contributed by atoms with E-state index in [1.165, 1.54) is 0 Å². The van der Waals surface area contributed by atoms with Gasteiger partial charge in [-0.3, -0.25) is 0 Å². The molecule has 118 valence electrons. The number of hydrogen-bond donors (Lipinski definition) is 1. The molecule has 1 N–H and O–H groups in total. The number of hydrogen-bond acceptors (Lipinski definition) is 3. The summed E-state index contributed by atoms with van der Waals surface area (Å²) in [4.78, 5) is 0. The average Bonchev–Trinajstić information content (AvgIpc) is 2.48. The van der Waals surface area contributed by atoms with Crippen LogP contribution in [-0.4, -0.2) is 28.6 Å². The largest absolute Gasteiger partial charge is 0.309 e.